The van der Waals surface area contributed by atoms with Crippen LogP contribution in [-0.2, 0) is 6.42 Å². The molecule has 0 bridgehead atoms. The van der Waals surface area contributed by atoms with Gasteiger partial charge in [-0.05, 0) is 23.8 Å². The van der Waals surface area contributed by atoms with Gasteiger partial charge in [-0.3, -0.25) is 4.98 Å². The number of nitrogens with two attached hydrogens (primary N) is 1. The zero-order valence-corrected chi connectivity index (χ0v) is 8.06. The van der Waals surface area contributed by atoms with E-state index in [9.17, 15) is 4.39 Å². The summed E-state index contributed by atoms with van der Waals surface area (Å²) in [5.41, 5.74) is 6.56. The molecule has 2 rings (SSSR count). The van der Waals surface area contributed by atoms with Crippen molar-refractivity contribution in [2.45, 2.75) is 12.5 Å². The first-order chi connectivity index (χ1) is 7.25. The summed E-state index contributed by atoms with van der Waals surface area (Å²) < 4.78 is 18.0. The normalized spacial score (nSPS) is 12.7. The Morgan fingerprint density at radius 3 is 3.00 bits per heavy atom. The number of hydrogen-bond donors (Lipinski definition) is 1. The third kappa shape index (κ3) is 2.41. The molecule has 4 heteroatoms. The molecule has 2 aromatic rings. The van der Waals surface area contributed by atoms with E-state index in [0.717, 1.165) is 12.0 Å². The average molecular weight is 206 g/mol. The molecule has 0 aliphatic carbocycles. The second-order valence-corrected chi connectivity index (χ2v) is 3.33. The van der Waals surface area contributed by atoms with Crippen molar-refractivity contribution < 1.29 is 8.81 Å². The highest BCUT2D eigenvalue weighted by molar-refractivity contribution is 5.16. The van der Waals surface area contributed by atoms with Crippen molar-refractivity contribution in [1.82, 2.24) is 4.98 Å². The zero-order chi connectivity index (χ0) is 10.7. The molecule has 0 aliphatic heterocycles. The summed E-state index contributed by atoms with van der Waals surface area (Å²) in [5, 5.41) is 0. The molecule has 15 heavy (non-hydrogen) atoms. The SMILES string of the molecule is NC(Cc1ccco1)c1cncc(F)c1. The number of pyridine rings is 1. The maximum absolute atomic E-state index is 12.9. The Morgan fingerprint density at radius 2 is 2.33 bits per heavy atom. The van der Waals surface area contributed by atoms with Crippen LogP contribution in [0.15, 0.2) is 41.3 Å². The Labute approximate surface area is 86.7 Å². The van der Waals surface area contributed by atoms with Gasteiger partial charge in [0.15, 0.2) is 0 Å². The van der Waals surface area contributed by atoms with E-state index >= 15 is 0 Å². The number of rotatable bonds is 3. The van der Waals surface area contributed by atoms with E-state index in [-0.39, 0.29) is 11.9 Å². The first-order valence-corrected chi connectivity index (χ1v) is 4.64. The molecule has 3 nitrogen and oxygen atoms in total. The van der Waals surface area contributed by atoms with Crippen molar-refractivity contribution in [1.29, 1.82) is 0 Å². The van der Waals surface area contributed by atoms with Gasteiger partial charge in [-0.1, -0.05) is 0 Å². The lowest BCUT2D eigenvalue weighted by atomic mass is 10.1. The summed E-state index contributed by atoms with van der Waals surface area (Å²) in [6.45, 7) is 0. The lowest BCUT2D eigenvalue weighted by Crippen LogP contribution is -2.13. The Hall–Kier alpha value is -1.68. The third-order valence-corrected chi connectivity index (χ3v) is 2.16. The summed E-state index contributed by atoms with van der Waals surface area (Å²) >= 11 is 0. The lowest BCUT2D eigenvalue weighted by molar-refractivity contribution is 0.487. The van der Waals surface area contributed by atoms with Crippen molar-refractivity contribution in [3.05, 3.63) is 54.0 Å². The van der Waals surface area contributed by atoms with Crippen molar-refractivity contribution in [2.75, 3.05) is 0 Å². The summed E-state index contributed by atoms with van der Waals surface area (Å²) in [4.78, 5) is 3.75. The molecule has 0 saturated carbocycles. The van der Waals surface area contributed by atoms with Crippen molar-refractivity contribution in [3.63, 3.8) is 0 Å². The molecule has 0 fully saturated rings. The van der Waals surface area contributed by atoms with Gasteiger partial charge in [-0.15, -0.1) is 0 Å². The molecular formula is C11H11FN2O. The molecule has 1 atom stereocenters. The first kappa shape index (κ1) is 9.86. The molecule has 2 heterocycles. The van der Waals surface area contributed by atoms with E-state index in [2.05, 4.69) is 4.98 Å². The summed E-state index contributed by atoms with van der Waals surface area (Å²) in [5.74, 6) is 0.411. The largest absolute Gasteiger partial charge is 0.469 e. The molecule has 0 spiro atoms. The summed E-state index contributed by atoms with van der Waals surface area (Å²) in [6.07, 6.45) is 4.85. The third-order valence-electron chi connectivity index (χ3n) is 2.16. The predicted molar refractivity (Wildman–Crippen MR) is 53.5 cm³/mol. The van der Waals surface area contributed by atoms with Gasteiger partial charge in [0.1, 0.15) is 11.6 Å². The number of nitrogens with zero attached hydrogens (tertiary/aromatic N) is 1. The van der Waals surface area contributed by atoms with Gasteiger partial charge in [0.05, 0.1) is 12.5 Å². The molecule has 0 aliphatic rings. The van der Waals surface area contributed by atoms with Gasteiger partial charge in [-0.25, -0.2) is 4.39 Å². The topological polar surface area (TPSA) is 52.0 Å². The zero-order valence-electron chi connectivity index (χ0n) is 8.06. The van der Waals surface area contributed by atoms with Crippen LogP contribution in [0.1, 0.15) is 17.4 Å². The second-order valence-electron chi connectivity index (χ2n) is 3.33. The fourth-order valence-corrected chi connectivity index (χ4v) is 1.39. The second kappa shape index (κ2) is 4.23. The van der Waals surface area contributed by atoms with Gasteiger partial charge in [0.2, 0.25) is 0 Å². The molecule has 78 valence electrons. The smallest absolute Gasteiger partial charge is 0.141 e. The minimum absolute atomic E-state index is 0.292. The average Bonchev–Trinajstić information content (AvgIpc) is 2.70. The predicted octanol–water partition coefficient (Wildman–Crippen LogP) is 2.06. The van der Waals surface area contributed by atoms with Crippen molar-refractivity contribution in [2.24, 2.45) is 5.73 Å². The van der Waals surface area contributed by atoms with Crippen molar-refractivity contribution in [3.8, 4) is 0 Å². The number of furan rings is 1. The Morgan fingerprint density at radius 1 is 1.47 bits per heavy atom. The van der Waals surface area contributed by atoms with Crippen LogP contribution in [0, 0.1) is 5.82 Å². The number of halogens is 1. The monoisotopic (exact) mass is 206 g/mol. The first-order valence-electron chi connectivity index (χ1n) is 4.64. The van der Waals surface area contributed by atoms with Crippen molar-refractivity contribution >= 4 is 0 Å². The Bertz CT molecular complexity index is 428. The van der Waals surface area contributed by atoms with Gasteiger partial charge < -0.3 is 10.2 Å². The highest BCUT2D eigenvalue weighted by Gasteiger charge is 2.09. The Kier molecular flexibility index (Phi) is 2.78. The Balaban J connectivity index is 2.11. The number of aromatic nitrogens is 1. The fourth-order valence-electron chi connectivity index (χ4n) is 1.39. The van der Waals surface area contributed by atoms with Crippen LogP contribution in [0.25, 0.3) is 0 Å². The van der Waals surface area contributed by atoms with Crippen LogP contribution in [0.4, 0.5) is 4.39 Å². The molecular weight excluding hydrogens is 195 g/mol. The molecule has 0 saturated heterocycles. The van der Waals surface area contributed by atoms with Crippen LogP contribution < -0.4 is 5.73 Å². The van der Waals surface area contributed by atoms with E-state index in [1.807, 2.05) is 6.07 Å². The van der Waals surface area contributed by atoms with Crippen LogP contribution in [0.3, 0.4) is 0 Å². The van der Waals surface area contributed by atoms with E-state index in [4.69, 9.17) is 10.2 Å². The quantitative estimate of drug-likeness (QED) is 0.836. The minimum atomic E-state index is -0.373. The van der Waals surface area contributed by atoms with Gasteiger partial charge in [0, 0.05) is 18.7 Å². The van der Waals surface area contributed by atoms with E-state index in [1.54, 1.807) is 18.5 Å². The highest BCUT2D eigenvalue weighted by Crippen LogP contribution is 2.16. The van der Waals surface area contributed by atoms with Crippen LogP contribution in [0.2, 0.25) is 0 Å². The van der Waals surface area contributed by atoms with Crippen LogP contribution in [0.5, 0.6) is 0 Å². The van der Waals surface area contributed by atoms with Crippen LogP contribution >= 0.6 is 0 Å². The van der Waals surface area contributed by atoms with E-state index in [1.165, 1.54) is 6.07 Å². The molecule has 2 N–H and O–H groups in total. The van der Waals surface area contributed by atoms with Crippen LogP contribution in [-0.4, -0.2) is 4.98 Å². The minimum Gasteiger partial charge on any atom is -0.469 e. The maximum Gasteiger partial charge on any atom is 0.141 e. The molecule has 1 unspecified atom stereocenters. The standard InChI is InChI=1S/C11H11FN2O/c12-9-4-8(6-14-7-9)11(13)5-10-2-1-3-15-10/h1-4,6-7,11H,5,13H2. The maximum atomic E-state index is 12.9. The molecule has 0 aromatic carbocycles. The fraction of sp³-hybridized carbons (Fsp3) is 0.182. The molecule has 0 amide bonds. The molecule has 2 aromatic heterocycles. The lowest BCUT2D eigenvalue weighted by Gasteiger charge is -2.09. The summed E-state index contributed by atoms with van der Waals surface area (Å²) in [7, 11) is 0. The summed E-state index contributed by atoms with van der Waals surface area (Å²) in [6, 6.07) is 4.73. The van der Waals surface area contributed by atoms with Gasteiger partial charge in [0.25, 0.3) is 0 Å². The van der Waals surface area contributed by atoms with Gasteiger partial charge >= 0.3 is 0 Å². The van der Waals surface area contributed by atoms with Gasteiger partial charge in [-0.2, -0.15) is 0 Å². The van der Waals surface area contributed by atoms with E-state index < -0.39 is 0 Å². The molecule has 0 radical (unpaired) electrons. The van der Waals surface area contributed by atoms with E-state index in [0.29, 0.717) is 12.0 Å². The highest BCUT2D eigenvalue weighted by atomic mass is 19.1. The number of hydrogen-bond acceptors (Lipinski definition) is 3.